The first-order valence-corrected chi connectivity index (χ1v) is 13.7. The van der Waals surface area contributed by atoms with Gasteiger partial charge in [0, 0.05) is 23.3 Å². The topological polar surface area (TPSA) is 43.4 Å². The molecule has 1 aliphatic heterocycles. The van der Waals surface area contributed by atoms with Crippen LogP contribution in [0.5, 0.6) is 0 Å². The van der Waals surface area contributed by atoms with E-state index in [0.29, 0.717) is 34.9 Å². The molecule has 3 nitrogen and oxygen atoms in total. The van der Waals surface area contributed by atoms with Crippen molar-refractivity contribution in [2.45, 2.75) is 105 Å². The quantitative estimate of drug-likeness (QED) is 0.302. The lowest BCUT2D eigenvalue weighted by molar-refractivity contribution is -0.232. The first-order chi connectivity index (χ1) is 15.3. The monoisotopic (exact) mass is 452 g/mol. The summed E-state index contributed by atoms with van der Waals surface area (Å²) in [7, 11) is 0. The standard InChI is InChI=1S/C30H44O3/c1-17-23-19(33-25(17)32)16-27(4)14-15-29(6)18(24(23)27)8-9-21-28(5)12-11-22(31)26(2,3)20(28)10-13-30(21,29)7/h18-21,23-24H,1,8-16H2,2-7H3/t18-,19+,20-,21+,23-,24+,27+,28+,29-,30-/m0/s1. The zero-order valence-corrected chi connectivity index (χ0v) is 21.8. The minimum atomic E-state index is -0.185. The molecule has 0 spiro atoms. The van der Waals surface area contributed by atoms with E-state index in [1.54, 1.807) is 0 Å². The van der Waals surface area contributed by atoms with Gasteiger partial charge in [-0.15, -0.1) is 0 Å². The van der Waals surface area contributed by atoms with Gasteiger partial charge in [-0.1, -0.05) is 48.1 Å². The van der Waals surface area contributed by atoms with E-state index in [1.807, 2.05) is 0 Å². The zero-order valence-electron chi connectivity index (χ0n) is 21.8. The second kappa shape index (κ2) is 6.35. The van der Waals surface area contributed by atoms with E-state index in [9.17, 15) is 9.59 Å². The highest BCUT2D eigenvalue weighted by Gasteiger charge is 2.72. The molecule has 3 heteroatoms. The van der Waals surface area contributed by atoms with Crippen LogP contribution in [0.2, 0.25) is 0 Å². The molecule has 33 heavy (non-hydrogen) atoms. The number of Topliss-reactive ketones (excluding diaryl/α,β-unsaturated/α-hetero) is 1. The molecule has 0 amide bonds. The van der Waals surface area contributed by atoms with Crippen LogP contribution in [0.1, 0.15) is 99.3 Å². The van der Waals surface area contributed by atoms with Crippen LogP contribution in [-0.2, 0) is 14.3 Å². The van der Waals surface area contributed by atoms with Crippen molar-refractivity contribution < 1.29 is 14.3 Å². The van der Waals surface area contributed by atoms with Crippen molar-refractivity contribution in [3.63, 3.8) is 0 Å². The summed E-state index contributed by atoms with van der Waals surface area (Å²) in [4.78, 5) is 25.4. The molecule has 0 radical (unpaired) electrons. The van der Waals surface area contributed by atoms with Gasteiger partial charge in [-0.3, -0.25) is 4.79 Å². The van der Waals surface area contributed by atoms with Crippen LogP contribution in [0.15, 0.2) is 12.2 Å². The van der Waals surface area contributed by atoms with Crippen molar-refractivity contribution in [2.75, 3.05) is 0 Å². The highest BCUT2D eigenvalue weighted by atomic mass is 16.6. The third-order valence-electron chi connectivity index (χ3n) is 13.5. The molecule has 5 aliphatic carbocycles. The summed E-state index contributed by atoms with van der Waals surface area (Å²) in [5, 5.41) is 0. The van der Waals surface area contributed by atoms with Gasteiger partial charge < -0.3 is 4.74 Å². The van der Waals surface area contributed by atoms with E-state index in [2.05, 4.69) is 48.1 Å². The molecular formula is C30H44O3. The highest BCUT2D eigenvalue weighted by Crippen LogP contribution is 2.77. The molecule has 182 valence electrons. The van der Waals surface area contributed by atoms with Crippen molar-refractivity contribution in [1.29, 1.82) is 0 Å². The molecule has 0 bridgehead atoms. The van der Waals surface area contributed by atoms with E-state index < -0.39 is 0 Å². The third kappa shape index (κ3) is 2.43. The second-order valence-corrected chi connectivity index (χ2v) is 14.7. The number of ether oxygens (including phenoxy) is 1. The summed E-state index contributed by atoms with van der Waals surface area (Å²) < 4.78 is 5.85. The zero-order chi connectivity index (χ0) is 23.8. The number of carbonyl (C=O) groups is 2. The Morgan fingerprint density at radius 1 is 0.848 bits per heavy atom. The normalized spacial score (nSPS) is 56.8. The van der Waals surface area contributed by atoms with Gasteiger partial charge in [0.05, 0.1) is 0 Å². The van der Waals surface area contributed by atoms with E-state index >= 15 is 0 Å². The lowest BCUT2D eigenvalue weighted by atomic mass is 9.32. The Balaban J connectivity index is 1.40. The average molecular weight is 453 g/mol. The van der Waals surface area contributed by atoms with Gasteiger partial charge in [0.1, 0.15) is 11.9 Å². The van der Waals surface area contributed by atoms with Gasteiger partial charge in [0.15, 0.2) is 0 Å². The largest absolute Gasteiger partial charge is 0.458 e. The van der Waals surface area contributed by atoms with Crippen molar-refractivity contribution >= 4 is 11.8 Å². The molecule has 6 aliphatic rings. The van der Waals surface area contributed by atoms with Gasteiger partial charge >= 0.3 is 5.97 Å². The Labute approximate surface area is 200 Å². The van der Waals surface area contributed by atoms with Crippen molar-refractivity contribution in [3.8, 4) is 0 Å². The minimum Gasteiger partial charge on any atom is -0.458 e. The predicted octanol–water partition coefficient (Wildman–Crippen LogP) is 6.75. The number of rotatable bonds is 0. The van der Waals surface area contributed by atoms with Gasteiger partial charge in [0.2, 0.25) is 0 Å². The van der Waals surface area contributed by atoms with Crippen LogP contribution in [0.3, 0.4) is 0 Å². The minimum absolute atomic E-state index is 0.0614. The third-order valence-corrected chi connectivity index (χ3v) is 13.5. The Bertz CT molecular complexity index is 948. The summed E-state index contributed by atoms with van der Waals surface area (Å²) >= 11 is 0. The fourth-order valence-electron chi connectivity index (χ4n) is 11.7. The molecule has 0 unspecified atom stereocenters. The van der Waals surface area contributed by atoms with Gasteiger partial charge in [-0.05, 0) is 96.7 Å². The summed E-state index contributed by atoms with van der Waals surface area (Å²) in [5.41, 5.74) is 1.67. The van der Waals surface area contributed by atoms with E-state index in [-0.39, 0.29) is 39.7 Å². The maximum absolute atomic E-state index is 12.9. The molecule has 0 aromatic heterocycles. The van der Waals surface area contributed by atoms with Crippen LogP contribution in [0.4, 0.5) is 0 Å². The molecule has 0 aromatic carbocycles. The van der Waals surface area contributed by atoms with Gasteiger partial charge in [-0.2, -0.15) is 0 Å². The Kier molecular flexibility index (Phi) is 4.30. The molecule has 5 saturated carbocycles. The van der Waals surface area contributed by atoms with E-state index in [0.717, 1.165) is 24.8 Å². The summed E-state index contributed by atoms with van der Waals surface area (Å²) in [6.45, 7) is 19.0. The number of esters is 1. The van der Waals surface area contributed by atoms with Gasteiger partial charge in [-0.25, -0.2) is 4.79 Å². The highest BCUT2D eigenvalue weighted by molar-refractivity contribution is 5.91. The number of hydrogen-bond acceptors (Lipinski definition) is 3. The molecule has 0 aromatic rings. The van der Waals surface area contributed by atoms with Crippen LogP contribution < -0.4 is 0 Å². The first-order valence-electron chi connectivity index (χ1n) is 13.7. The first kappa shape index (κ1) is 22.4. The fourth-order valence-corrected chi connectivity index (χ4v) is 11.7. The van der Waals surface area contributed by atoms with Crippen LogP contribution in [0, 0.1) is 56.7 Å². The Hall–Kier alpha value is -1.12. The number of carbonyl (C=O) groups excluding carboxylic acids is 2. The van der Waals surface area contributed by atoms with Gasteiger partial charge in [0.25, 0.3) is 0 Å². The lowest BCUT2D eigenvalue weighted by Crippen LogP contribution is -2.66. The SMILES string of the molecule is C=C1C(=O)O[C@@H]2C[C@@]3(C)CC[C@@]4(C)[C@@H](CC[C@@H]5[C@]6(C)CCC(=O)C(C)(C)[C@@H]6CC[C@@]54C)[C@@H]3[C@@H]12. The van der Waals surface area contributed by atoms with Crippen LogP contribution in [0.25, 0.3) is 0 Å². The molecule has 6 fully saturated rings. The van der Waals surface area contributed by atoms with Crippen molar-refractivity contribution in [1.82, 2.24) is 0 Å². The maximum Gasteiger partial charge on any atom is 0.334 e. The maximum atomic E-state index is 12.9. The number of ketones is 1. The average Bonchev–Trinajstić information content (AvgIpc) is 3.17. The summed E-state index contributed by atoms with van der Waals surface area (Å²) in [6, 6.07) is 0. The number of hydrogen-bond donors (Lipinski definition) is 0. The molecule has 1 heterocycles. The van der Waals surface area contributed by atoms with Crippen molar-refractivity contribution in [3.05, 3.63) is 12.2 Å². The van der Waals surface area contributed by atoms with E-state index in [1.165, 1.54) is 38.5 Å². The molecule has 0 N–H and O–H groups in total. The van der Waals surface area contributed by atoms with Crippen molar-refractivity contribution in [2.24, 2.45) is 56.7 Å². The summed E-state index contributed by atoms with van der Waals surface area (Å²) in [5.74, 6) is 2.93. The van der Waals surface area contributed by atoms with E-state index in [4.69, 9.17) is 4.74 Å². The fraction of sp³-hybridized carbons (Fsp3) is 0.867. The smallest absolute Gasteiger partial charge is 0.334 e. The van der Waals surface area contributed by atoms with Crippen LogP contribution >= 0.6 is 0 Å². The van der Waals surface area contributed by atoms with Crippen LogP contribution in [-0.4, -0.2) is 17.9 Å². The number of fused-ring (bicyclic) bond motifs is 9. The Morgan fingerprint density at radius 3 is 2.30 bits per heavy atom. The lowest BCUT2D eigenvalue weighted by Gasteiger charge is -2.72. The molecule has 10 atom stereocenters. The molecular weight excluding hydrogens is 408 g/mol. The molecule has 1 saturated heterocycles. The Morgan fingerprint density at radius 2 is 1.58 bits per heavy atom. The predicted molar refractivity (Wildman–Crippen MR) is 129 cm³/mol. The summed E-state index contributed by atoms with van der Waals surface area (Å²) in [6.07, 6.45) is 10.4. The molecule has 6 rings (SSSR count). The second-order valence-electron chi connectivity index (χ2n) is 14.7.